The number of carbonyl (C=O) groups excluding carboxylic acids is 3. The maximum atomic E-state index is 12.6. The third kappa shape index (κ3) is 3.34. The summed E-state index contributed by atoms with van der Waals surface area (Å²) in [7, 11) is 2.48. The second kappa shape index (κ2) is 7.46. The smallest absolute Gasteiger partial charge is 0.340 e. The van der Waals surface area contributed by atoms with Crippen LogP contribution in [0.4, 0.5) is 5.69 Å². The maximum absolute atomic E-state index is 12.6. The molecule has 0 spiro atoms. The van der Waals surface area contributed by atoms with Gasteiger partial charge in [0.1, 0.15) is 5.70 Å². The van der Waals surface area contributed by atoms with Crippen molar-refractivity contribution < 1.29 is 29.0 Å². The fraction of sp³-hybridized carbons (Fsp3) is 0.294. The molecular formula is C17H18N4O6. The third-order valence-corrected chi connectivity index (χ3v) is 4.18. The molecule has 2 aromatic rings. The normalized spacial score (nSPS) is 14.0. The van der Waals surface area contributed by atoms with E-state index in [1.165, 1.54) is 31.4 Å². The first-order chi connectivity index (χ1) is 13.0. The Morgan fingerprint density at radius 3 is 2.70 bits per heavy atom. The van der Waals surface area contributed by atoms with Gasteiger partial charge >= 0.3 is 11.9 Å². The molecule has 2 heterocycles. The molecule has 0 saturated carbocycles. The first-order valence-electron chi connectivity index (χ1n) is 8.04. The van der Waals surface area contributed by atoms with Gasteiger partial charge in [0.15, 0.2) is 0 Å². The number of nitrogens with one attached hydrogen (secondary N) is 2. The first kappa shape index (κ1) is 18.4. The summed E-state index contributed by atoms with van der Waals surface area (Å²) in [6, 6.07) is 3.17. The van der Waals surface area contributed by atoms with Gasteiger partial charge in [-0.1, -0.05) is 0 Å². The molecule has 1 aromatic carbocycles. The van der Waals surface area contributed by atoms with Crippen LogP contribution in [0.5, 0.6) is 0 Å². The Hall–Kier alpha value is -3.40. The summed E-state index contributed by atoms with van der Waals surface area (Å²) >= 11 is 0. The molecule has 1 aliphatic heterocycles. The topological polar surface area (TPSA) is 134 Å². The molecule has 1 aliphatic rings. The van der Waals surface area contributed by atoms with E-state index in [1.807, 2.05) is 0 Å². The molecule has 1 aromatic heterocycles. The van der Waals surface area contributed by atoms with Crippen LogP contribution in [0.15, 0.2) is 29.6 Å². The van der Waals surface area contributed by atoms with Crippen molar-refractivity contribution in [2.45, 2.75) is 0 Å². The second-order valence-corrected chi connectivity index (χ2v) is 5.77. The molecule has 10 heteroatoms. The molecule has 0 saturated heterocycles. The molecule has 3 rings (SSSR count). The van der Waals surface area contributed by atoms with Crippen molar-refractivity contribution in [3.05, 3.63) is 35.2 Å². The van der Waals surface area contributed by atoms with E-state index in [4.69, 9.17) is 14.6 Å². The largest absolute Gasteiger partial charge is 0.466 e. The highest BCUT2D eigenvalue weighted by Crippen LogP contribution is 2.27. The summed E-state index contributed by atoms with van der Waals surface area (Å²) in [5.41, 5.74) is 1.30. The molecule has 27 heavy (non-hydrogen) atoms. The van der Waals surface area contributed by atoms with E-state index in [2.05, 4.69) is 15.5 Å². The van der Waals surface area contributed by atoms with Crippen LogP contribution in [0.1, 0.15) is 10.4 Å². The molecule has 0 aliphatic carbocycles. The van der Waals surface area contributed by atoms with Crippen LogP contribution in [0.2, 0.25) is 0 Å². The molecule has 0 fully saturated rings. The minimum Gasteiger partial charge on any atom is -0.466 e. The van der Waals surface area contributed by atoms with Gasteiger partial charge in [0, 0.05) is 17.6 Å². The number of benzene rings is 1. The number of rotatable bonds is 6. The van der Waals surface area contributed by atoms with Gasteiger partial charge in [0.2, 0.25) is 0 Å². The minimum atomic E-state index is -0.649. The number of aromatic amines is 1. The van der Waals surface area contributed by atoms with Crippen LogP contribution in [0.3, 0.4) is 0 Å². The van der Waals surface area contributed by atoms with Gasteiger partial charge in [0.25, 0.3) is 5.91 Å². The van der Waals surface area contributed by atoms with Crippen LogP contribution in [-0.4, -0.2) is 72.0 Å². The number of aliphatic hydroxyl groups is 1. The summed E-state index contributed by atoms with van der Waals surface area (Å²) in [5, 5.41) is 19.3. The Balaban J connectivity index is 2.02. The van der Waals surface area contributed by atoms with Crippen molar-refractivity contribution in [1.82, 2.24) is 15.1 Å². The zero-order valence-electron chi connectivity index (χ0n) is 14.7. The van der Waals surface area contributed by atoms with Crippen molar-refractivity contribution in [2.75, 3.05) is 39.2 Å². The SMILES string of the molecule is COC(=O)C1=C(Nc2cc(C(=O)OC)c3[nH]ncc3c2)C(=O)N(CCO)C1. The zero-order chi connectivity index (χ0) is 19.6. The molecular weight excluding hydrogens is 356 g/mol. The van der Waals surface area contributed by atoms with Crippen molar-refractivity contribution in [3.8, 4) is 0 Å². The zero-order valence-corrected chi connectivity index (χ0v) is 14.7. The van der Waals surface area contributed by atoms with Crippen LogP contribution >= 0.6 is 0 Å². The van der Waals surface area contributed by atoms with Crippen molar-refractivity contribution in [2.24, 2.45) is 0 Å². The van der Waals surface area contributed by atoms with Crippen molar-refractivity contribution in [1.29, 1.82) is 0 Å². The number of ether oxygens (including phenoxy) is 2. The lowest BCUT2D eigenvalue weighted by atomic mass is 10.1. The standard InChI is InChI=1S/C17H18N4O6/c1-26-16(24)11-6-10(5-9-7-18-20-13(9)11)19-14-12(17(25)27-2)8-21(3-4-22)15(14)23/h5-7,19,22H,3-4,8H2,1-2H3,(H,18,20). The Morgan fingerprint density at radius 1 is 1.30 bits per heavy atom. The Morgan fingerprint density at radius 2 is 2.04 bits per heavy atom. The highest BCUT2D eigenvalue weighted by molar-refractivity contribution is 6.09. The fourth-order valence-corrected chi connectivity index (χ4v) is 2.89. The van der Waals surface area contributed by atoms with Gasteiger partial charge in [0.05, 0.1) is 50.2 Å². The number of β-amino-alcohol motifs (C(OH)–C–C–N with tert-alkyl or cyclic N) is 1. The molecule has 0 unspecified atom stereocenters. The average Bonchev–Trinajstić information content (AvgIpc) is 3.26. The summed E-state index contributed by atoms with van der Waals surface area (Å²) in [6.07, 6.45) is 1.52. The second-order valence-electron chi connectivity index (χ2n) is 5.77. The summed E-state index contributed by atoms with van der Waals surface area (Å²) < 4.78 is 9.53. The molecule has 0 bridgehead atoms. The number of H-pyrrole nitrogens is 1. The third-order valence-electron chi connectivity index (χ3n) is 4.18. The van der Waals surface area contributed by atoms with Gasteiger partial charge in [-0.05, 0) is 12.1 Å². The van der Waals surface area contributed by atoms with Crippen molar-refractivity contribution >= 4 is 34.4 Å². The van der Waals surface area contributed by atoms with Crippen LogP contribution in [-0.2, 0) is 19.1 Å². The fourth-order valence-electron chi connectivity index (χ4n) is 2.89. The van der Waals surface area contributed by atoms with E-state index in [9.17, 15) is 14.4 Å². The quantitative estimate of drug-likeness (QED) is 0.603. The monoisotopic (exact) mass is 374 g/mol. The minimum absolute atomic E-state index is 0.0201. The lowest BCUT2D eigenvalue weighted by Crippen LogP contribution is -2.31. The molecule has 10 nitrogen and oxygen atoms in total. The first-order valence-corrected chi connectivity index (χ1v) is 8.04. The highest BCUT2D eigenvalue weighted by atomic mass is 16.5. The average molecular weight is 374 g/mol. The number of nitrogens with zero attached hydrogens (tertiary/aromatic N) is 2. The number of fused-ring (bicyclic) bond motifs is 1. The van der Waals surface area contributed by atoms with Crippen molar-refractivity contribution in [3.63, 3.8) is 0 Å². The van der Waals surface area contributed by atoms with Gasteiger partial charge in [-0.2, -0.15) is 5.10 Å². The van der Waals surface area contributed by atoms with E-state index in [1.54, 1.807) is 6.07 Å². The van der Waals surface area contributed by atoms with Gasteiger partial charge in [-0.25, -0.2) is 9.59 Å². The molecule has 3 N–H and O–H groups in total. The van der Waals surface area contributed by atoms with E-state index >= 15 is 0 Å². The lowest BCUT2D eigenvalue weighted by molar-refractivity contribution is -0.136. The van der Waals surface area contributed by atoms with Gasteiger partial charge in [-0.3, -0.25) is 9.89 Å². The number of hydrogen-bond acceptors (Lipinski definition) is 8. The van der Waals surface area contributed by atoms with Crippen LogP contribution in [0, 0.1) is 0 Å². The van der Waals surface area contributed by atoms with E-state index < -0.39 is 17.8 Å². The number of hydrogen-bond donors (Lipinski definition) is 3. The van der Waals surface area contributed by atoms with E-state index in [0.29, 0.717) is 16.6 Å². The van der Waals surface area contributed by atoms with E-state index in [0.717, 1.165) is 0 Å². The predicted octanol–water partition coefficient (Wildman–Crippen LogP) is 0.0230. The molecule has 142 valence electrons. The lowest BCUT2D eigenvalue weighted by Gasteiger charge is -2.15. The van der Waals surface area contributed by atoms with Crippen LogP contribution in [0.25, 0.3) is 10.9 Å². The summed E-state index contributed by atoms with van der Waals surface area (Å²) in [4.78, 5) is 38.0. The number of methoxy groups -OCH3 is 2. The Bertz CT molecular complexity index is 948. The molecule has 1 amide bonds. The Labute approximate surface area is 153 Å². The van der Waals surface area contributed by atoms with Crippen LogP contribution < -0.4 is 5.32 Å². The predicted molar refractivity (Wildman–Crippen MR) is 93.8 cm³/mol. The number of aromatic nitrogens is 2. The van der Waals surface area contributed by atoms with Gasteiger partial charge < -0.3 is 24.8 Å². The number of esters is 2. The van der Waals surface area contributed by atoms with Gasteiger partial charge in [-0.15, -0.1) is 0 Å². The summed E-state index contributed by atoms with van der Waals surface area (Å²) in [5.74, 6) is -1.67. The number of amides is 1. The maximum Gasteiger partial charge on any atom is 0.340 e. The van der Waals surface area contributed by atoms with E-state index in [-0.39, 0.29) is 36.5 Å². The number of carbonyl (C=O) groups is 3. The molecule has 0 radical (unpaired) electrons. The Kier molecular flexibility index (Phi) is 5.08. The highest BCUT2D eigenvalue weighted by Gasteiger charge is 2.34. The number of anilines is 1. The number of aliphatic hydroxyl groups excluding tert-OH is 1. The molecule has 0 atom stereocenters. The summed E-state index contributed by atoms with van der Waals surface area (Å²) in [6.45, 7) is -0.133.